The lowest BCUT2D eigenvalue weighted by Gasteiger charge is -2.37. The molecule has 1 aliphatic rings. The van der Waals surface area contributed by atoms with Crippen LogP contribution in [0.15, 0.2) is 24.3 Å². The Bertz CT molecular complexity index is 430. The summed E-state index contributed by atoms with van der Waals surface area (Å²) in [6.45, 7) is 1.19. The molecule has 0 aromatic heterocycles. The Morgan fingerprint density at radius 1 is 1.44 bits per heavy atom. The van der Waals surface area contributed by atoms with Crippen LogP contribution in [0, 0.1) is 11.2 Å². The number of carbonyl (C=O) groups is 1. The second-order valence-electron chi connectivity index (χ2n) is 5.00. The van der Waals surface area contributed by atoms with Gasteiger partial charge in [-0.3, -0.25) is 4.79 Å². The molecule has 0 bridgehead atoms. The molecule has 0 amide bonds. The molecule has 2 rings (SSSR count). The van der Waals surface area contributed by atoms with Crippen LogP contribution < -0.4 is 5.32 Å². The van der Waals surface area contributed by atoms with E-state index in [1.165, 1.54) is 12.1 Å². The van der Waals surface area contributed by atoms with Gasteiger partial charge in [0, 0.05) is 6.54 Å². The van der Waals surface area contributed by atoms with Crippen molar-refractivity contribution in [3.63, 3.8) is 0 Å². The Hall–Kier alpha value is -1.42. The van der Waals surface area contributed by atoms with Crippen molar-refractivity contribution in [1.82, 2.24) is 5.32 Å². The Morgan fingerprint density at radius 2 is 2.22 bits per heavy atom. The van der Waals surface area contributed by atoms with Gasteiger partial charge in [0.2, 0.25) is 0 Å². The van der Waals surface area contributed by atoms with Gasteiger partial charge < -0.3 is 10.4 Å². The van der Waals surface area contributed by atoms with Gasteiger partial charge in [0.05, 0.1) is 5.41 Å². The molecule has 4 heteroatoms. The molecule has 1 aromatic rings. The summed E-state index contributed by atoms with van der Waals surface area (Å²) in [6.07, 6.45) is 3.23. The van der Waals surface area contributed by atoms with Gasteiger partial charge in [-0.25, -0.2) is 4.39 Å². The van der Waals surface area contributed by atoms with Crippen LogP contribution >= 0.6 is 0 Å². The third-order valence-corrected chi connectivity index (χ3v) is 3.71. The number of hydrogen-bond acceptors (Lipinski definition) is 2. The predicted octanol–water partition coefficient (Wildman–Crippen LogP) is 2.21. The van der Waals surface area contributed by atoms with Gasteiger partial charge in [-0.15, -0.1) is 0 Å². The lowest BCUT2D eigenvalue weighted by Crippen LogP contribution is -2.46. The zero-order valence-electron chi connectivity index (χ0n) is 10.3. The highest BCUT2D eigenvalue weighted by atomic mass is 19.1. The lowest BCUT2D eigenvalue weighted by molar-refractivity contribution is -0.154. The SMILES string of the molecule is O=C(O)C1(CNCCc2cccc(F)c2)CCC1. The molecule has 0 heterocycles. The second-order valence-corrected chi connectivity index (χ2v) is 5.00. The highest BCUT2D eigenvalue weighted by Gasteiger charge is 2.43. The van der Waals surface area contributed by atoms with Crippen molar-refractivity contribution in [3.8, 4) is 0 Å². The van der Waals surface area contributed by atoms with E-state index in [2.05, 4.69) is 5.32 Å². The molecular weight excluding hydrogens is 233 g/mol. The third-order valence-electron chi connectivity index (χ3n) is 3.71. The zero-order chi connectivity index (χ0) is 13.0. The Kier molecular flexibility index (Phi) is 3.97. The highest BCUT2D eigenvalue weighted by molar-refractivity contribution is 5.76. The number of nitrogens with one attached hydrogen (secondary N) is 1. The first-order chi connectivity index (χ1) is 8.62. The van der Waals surface area contributed by atoms with E-state index in [0.717, 1.165) is 24.8 Å². The largest absolute Gasteiger partial charge is 0.481 e. The highest BCUT2D eigenvalue weighted by Crippen LogP contribution is 2.40. The average Bonchev–Trinajstić information content (AvgIpc) is 2.26. The summed E-state index contributed by atoms with van der Waals surface area (Å²) in [4.78, 5) is 11.1. The van der Waals surface area contributed by atoms with Gasteiger partial charge in [0.15, 0.2) is 0 Å². The van der Waals surface area contributed by atoms with E-state index < -0.39 is 11.4 Å². The Labute approximate surface area is 106 Å². The van der Waals surface area contributed by atoms with E-state index in [9.17, 15) is 9.18 Å². The molecule has 98 valence electrons. The van der Waals surface area contributed by atoms with Crippen LogP contribution in [-0.2, 0) is 11.2 Å². The fourth-order valence-electron chi connectivity index (χ4n) is 2.32. The second kappa shape index (κ2) is 5.48. The minimum atomic E-state index is -0.702. The number of hydrogen-bond donors (Lipinski definition) is 2. The fourth-order valence-corrected chi connectivity index (χ4v) is 2.32. The molecule has 1 saturated carbocycles. The zero-order valence-corrected chi connectivity index (χ0v) is 10.3. The van der Waals surface area contributed by atoms with Crippen molar-refractivity contribution in [2.45, 2.75) is 25.7 Å². The first-order valence-electron chi connectivity index (χ1n) is 6.31. The van der Waals surface area contributed by atoms with Crippen molar-refractivity contribution in [3.05, 3.63) is 35.6 Å². The van der Waals surface area contributed by atoms with Crippen molar-refractivity contribution in [2.75, 3.05) is 13.1 Å². The molecule has 2 N–H and O–H groups in total. The van der Waals surface area contributed by atoms with Crippen molar-refractivity contribution >= 4 is 5.97 Å². The van der Waals surface area contributed by atoms with E-state index in [-0.39, 0.29) is 5.82 Å². The maximum absolute atomic E-state index is 12.9. The molecule has 0 aliphatic heterocycles. The topological polar surface area (TPSA) is 49.3 Å². The molecule has 0 saturated heterocycles. The van der Waals surface area contributed by atoms with Crippen molar-refractivity contribution < 1.29 is 14.3 Å². The monoisotopic (exact) mass is 251 g/mol. The first-order valence-corrected chi connectivity index (χ1v) is 6.31. The molecule has 3 nitrogen and oxygen atoms in total. The van der Waals surface area contributed by atoms with Gasteiger partial charge >= 0.3 is 5.97 Å². The number of rotatable bonds is 6. The molecule has 0 radical (unpaired) electrons. The van der Waals surface area contributed by atoms with Crippen LogP contribution in [0.1, 0.15) is 24.8 Å². The summed E-state index contributed by atoms with van der Waals surface area (Å²) in [7, 11) is 0. The van der Waals surface area contributed by atoms with Crippen molar-refractivity contribution in [1.29, 1.82) is 0 Å². The normalized spacial score (nSPS) is 17.2. The van der Waals surface area contributed by atoms with Crippen LogP contribution in [0.2, 0.25) is 0 Å². The van der Waals surface area contributed by atoms with E-state index in [4.69, 9.17) is 5.11 Å². The molecule has 1 aliphatic carbocycles. The molecule has 1 fully saturated rings. The summed E-state index contributed by atoms with van der Waals surface area (Å²) in [5, 5.41) is 12.3. The number of carboxylic acids is 1. The summed E-state index contributed by atoms with van der Waals surface area (Å²) >= 11 is 0. The van der Waals surface area contributed by atoms with Gasteiger partial charge in [0.25, 0.3) is 0 Å². The molecule has 0 atom stereocenters. The van der Waals surface area contributed by atoms with Crippen LogP contribution in [0.3, 0.4) is 0 Å². The van der Waals surface area contributed by atoms with Crippen molar-refractivity contribution in [2.24, 2.45) is 5.41 Å². The summed E-state index contributed by atoms with van der Waals surface area (Å²) in [5.74, 6) is -0.930. The Balaban J connectivity index is 1.74. The number of halogens is 1. The quantitative estimate of drug-likeness (QED) is 0.762. The van der Waals surface area contributed by atoms with E-state index in [0.29, 0.717) is 19.5 Å². The summed E-state index contributed by atoms with van der Waals surface area (Å²) in [5.41, 5.74) is 0.377. The van der Waals surface area contributed by atoms with E-state index >= 15 is 0 Å². The van der Waals surface area contributed by atoms with Gasteiger partial charge in [-0.05, 0) is 43.5 Å². The maximum atomic E-state index is 12.9. The third kappa shape index (κ3) is 2.88. The molecule has 0 spiro atoms. The van der Waals surface area contributed by atoms with E-state index in [1.54, 1.807) is 6.07 Å². The van der Waals surface area contributed by atoms with E-state index in [1.807, 2.05) is 6.07 Å². The smallest absolute Gasteiger partial charge is 0.310 e. The van der Waals surface area contributed by atoms with Crippen LogP contribution in [0.25, 0.3) is 0 Å². The van der Waals surface area contributed by atoms with Gasteiger partial charge in [0.1, 0.15) is 5.82 Å². The molecule has 18 heavy (non-hydrogen) atoms. The van der Waals surface area contributed by atoms with Crippen LogP contribution in [0.4, 0.5) is 4.39 Å². The minimum absolute atomic E-state index is 0.228. The molecule has 1 aromatic carbocycles. The summed E-state index contributed by atoms with van der Waals surface area (Å²) in [6, 6.07) is 6.50. The predicted molar refractivity (Wildman–Crippen MR) is 66.9 cm³/mol. The van der Waals surface area contributed by atoms with Gasteiger partial charge in [-0.1, -0.05) is 18.6 Å². The average molecular weight is 251 g/mol. The lowest BCUT2D eigenvalue weighted by atomic mass is 9.69. The summed E-state index contributed by atoms with van der Waals surface area (Å²) < 4.78 is 12.9. The van der Waals surface area contributed by atoms with Gasteiger partial charge in [-0.2, -0.15) is 0 Å². The number of aliphatic carboxylic acids is 1. The standard InChI is InChI=1S/C14H18FNO2/c15-12-4-1-3-11(9-12)5-8-16-10-14(13(17)18)6-2-7-14/h1,3-4,9,16H,2,5-8,10H2,(H,17,18). The van der Waals surface area contributed by atoms with Crippen LogP contribution in [-0.4, -0.2) is 24.2 Å². The number of carboxylic acid groups (broad SMARTS) is 1. The molecule has 0 unspecified atom stereocenters. The number of benzene rings is 1. The Morgan fingerprint density at radius 3 is 2.78 bits per heavy atom. The molecular formula is C14H18FNO2. The minimum Gasteiger partial charge on any atom is -0.481 e. The van der Waals surface area contributed by atoms with Crippen LogP contribution in [0.5, 0.6) is 0 Å². The first kappa shape index (κ1) is 13.0. The maximum Gasteiger partial charge on any atom is 0.310 e. The fraction of sp³-hybridized carbons (Fsp3) is 0.500.